The highest BCUT2D eigenvalue weighted by molar-refractivity contribution is 7.89. The van der Waals surface area contributed by atoms with Gasteiger partial charge in [0.05, 0.1) is 6.54 Å². The fourth-order valence-electron chi connectivity index (χ4n) is 3.81. The molecule has 1 aromatic heterocycles. The number of amides is 1. The Morgan fingerprint density at radius 3 is 2.38 bits per heavy atom. The van der Waals surface area contributed by atoms with Gasteiger partial charge in [-0.25, -0.2) is 13.4 Å². The summed E-state index contributed by atoms with van der Waals surface area (Å²) >= 11 is 0. The van der Waals surface area contributed by atoms with Crippen LogP contribution < -0.4 is 10.2 Å². The third kappa shape index (κ3) is 5.90. The van der Waals surface area contributed by atoms with Crippen LogP contribution in [0.15, 0.2) is 23.2 Å². The normalized spacial score (nSPS) is 19.9. The van der Waals surface area contributed by atoms with Crippen LogP contribution in [0.3, 0.4) is 0 Å². The van der Waals surface area contributed by atoms with E-state index in [9.17, 15) is 13.2 Å². The number of nitrogens with one attached hydrogen (secondary N) is 1. The third-order valence-electron chi connectivity index (χ3n) is 5.22. The molecule has 162 valence electrons. The molecule has 0 aliphatic carbocycles. The molecule has 0 atom stereocenters. The van der Waals surface area contributed by atoms with E-state index in [0.717, 1.165) is 51.3 Å². The molecule has 1 amide bonds. The van der Waals surface area contributed by atoms with Crippen molar-refractivity contribution in [2.45, 2.75) is 50.5 Å². The molecule has 0 unspecified atom stereocenters. The quantitative estimate of drug-likeness (QED) is 0.768. The summed E-state index contributed by atoms with van der Waals surface area (Å²) in [6.45, 7) is 10.7. The van der Waals surface area contributed by atoms with Crippen LogP contribution in [-0.4, -0.2) is 79.9 Å². The Morgan fingerprint density at radius 2 is 1.76 bits per heavy atom. The van der Waals surface area contributed by atoms with Gasteiger partial charge in [0.25, 0.3) is 0 Å². The lowest BCUT2D eigenvalue weighted by Gasteiger charge is -2.25. The Kier molecular flexibility index (Phi) is 6.80. The molecule has 2 fully saturated rings. The lowest BCUT2D eigenvalue weighted by atomic mass is 10.1. The number of anilines is 1. The van der Waals surface area contributed by atoms with E-state index in [2.05, 4.69) is 20.1 Å². The molecule has 2 saturated heterocycles. The first-order chi connectivity index (χ1) is 13.6. The van der Waals surface area contributed by atoms with Gasteiger partial charge < -0.3 is 10.2 Å². The number of rotatable bonds is 5. The number of hydrogen-bond donors (Lipinski definition) is 1. The largest absolute Gasteiger partial charge is 0.355 e. The van der Waals surface area contributed by atoms with Crippen LogP contribution in [0.4, 0.5) is 5.82 Å². The highest BCUT2D eigenvalue weighted by Gasteiger charge is 2.28. The van der Waals surface area contributed by atoms with Crippen LogP contribution in [0, 0.1) is 0 Å². The molecular weight excluding hydrogens is 390 g/mol. The standard InChI is InChI=1S/C20H33N5O3S/c1-20(2,3)22-19(26)16-23-9-6-10-24(14-13-23)18-8-7-17(15-21-18)29(27,28)25-11-4-5-12-25/h7-8,15H,4-6,9-14,16H2,1-3H3,(H,22,26). The number of hydrogen-bond acceptors (Lipinski definition) is 6. The first kappa shape index (κ1) is 22.0. The Balaban J connectivity index is 1.58. The van der Waals surface area contributed by atoms with Crippen LogP contribution in [0.2, 0.25) is 0 Å². The van der Waals surface area contributed by atoms with Gasteiger partial charge in [0.2, 0.25) is 15.9 Å². The number of carbonyl (C=O) groups is 1. The van der Waals surface area contributed by atoms with E-state index in [4.69, 9.17) is 0 Å². The number of nitrogens with zero attached hydrogens (tertiary/aromatic N) is 4. The van der Waals surface area contributed by atoms with Crippen LogP contribution in [0.1, 0.15) is 40.0 Å². The summed E-state index contributed by atoms with van der Waals surface area (Å²) in [5.74, 6) is 0.826. The van der Waals surface area contributed by atoms with Crippen molar-refractivity contribution in [2.24, 2.45) is 0 Å². The van der Waals surface area contributed by atoms with E-state index in [0.29, 0.717) is 19.6 Å². The minimum Gasteiger partial charge on any atom is -0.355 e. The van der Waals surface area contributed by atoms with Gasteiger partial charge in [-0.1, -0.05) is 0 Å². The average Bonchev–Trinajstić information content (AvgIpc) is 3.09. The zero-order valence-corrected chi connectivity index (χ0v) is 18.5. The van der Waals surface area contributed by atoms with E-state index in [-0.39, 0.29) is 16.3 Å². The van der Waals surface area contributed by atoms with Gasteiger partial charge in [-0.15, -0.1) is 0 Å². The summed E-state index contributed by atoms with van der Waals surface area (Å²) < 4.78 is 26.8. The molecule has 0 bridgehead atoms. The molecule has 0 saturated carbocycles. The van der Waals surface area contributed by atoms with Gasteiger partial charge in [-0.2, -0.15) is 4.31 Å². The van der Waals surface area contributed by atoms with E-state index in [1.54, 1.807) is 12.1 Å². The van der Waals surface area contributed by atoms with E-state index >= 15 is 0 Å². The third-order valence-corrected chi connectivity index (χ3v) is 7.10. The number of carbonyl (C=O) groups excluding carboxylic acids is 1. The Hall–Kier alpha value is -1.71. The number of aromatic nitrogens is 1. The van der Waals surface area contributed by atoms with Gasteiger partial charge >= 0.3 is 0 Å². The molecule has 0 aromatic carbocycles. The maximum absolute atomic E-state index is 12.6. The lowest BCUT2D eigenvalue weighted by Crippen LogP contribution is -2.46. The fourth-order valence-corrected chi connectivity index (χ4v) is 5.27. The van der Waals surface area contributed by atoms with Crippen molar-refractivity contribution < 1.29 is 13.2 Å². The van der Waals surface area contributed by atoms with Crippen molar-refractivity contribution in [2.75, 3.05) is 50.7 Å². The second-order valence-electron chi connectivity index (χ2n) is 8.88. The predicted molar refractivity (Wildman–Crippen MR) is 113 cm³/mol. The minimum atomic E-state index is -3.43. The number of pyridine rings is 1. The monoisotopic (exact) mass is 423 g/mol. The molecule has 8 nitrogen and oxygen atoms in total. The molecule has 2 aliphatic rings. The van der Waals surface area contributed by atoms with Crippen molar-refractivity contribution in [1.29, 1.82) is 0 Å². The highest BCUT2D eigenvalue weighted by Crippen LogP contribution is 2.22. The molecule has 3 heterocycles. The number of sulfonamides is 1. The molecule has 0 spiro atoms. The van der Waals surface area contributed by atoms with Crippen LogP contribution in [0.25, 0.3) is 0 Å². The smallest absolute Gasteiger partial charge is 0.244 e. The molecule has 1 aromatic rings. The van der Waals surface area contributed by atoms with Crippen molar-refractivity contribution in [3.8, 4) is 0 Å². The van der Waals surface area contributed by atoms with E-state index in [1.165, 1.54) is 10.5 Å². The SMILES string of the molecule is CC(C)(C)NC(=O)CN1CCCN(c2ccc(S(=O)(=O)N3CCCC3)cn2)CC1. The van der Waals surface area contributed by atoms with E-state index in [1.807, 2.05) is 20.8 Å². The maximum Gasteiger partial charge on any atom is 0.244 e. The first-order valence-electron chi connectivity index (χ1n) is 10.4. The maximum atomic E-state index is 12.6. The van der Waals surface area contributed by atoms with Gasteiger partial charge in [-0.3, -0.25) is 9.69 Å². The molecular formula is C20H33N5O3S. The zero-order chi connectivity index (χ0) is 21.1. The van der Waals surface area contributed by atoms with Crippen molar-refractivity contribution in [3.63, 3.8) is 0 Å². The average molecular weight is 424 g/mol. The van der Waals surface area contributed by atoms with Crippen LogP contribution >= 0.6 is 0 Å². The summed E-state index contributed by atoms with van der Waals surface area (Å²) in [6.07, 6.45) is 4.24. The fraction of sp³-hybridized carbons (Fsp3) is 0.700. The van der Waals surface area contributed by atoms with Crippen molar-refractivity contribution in [1.82, 2.24) is 19.5 Å². The topological polar surface area (TPSA) is 85.8 Å². The van der Waals surface area contributed by atoms with Crippen LogP contribution in [-0.2, 0) is 14.8 Å². The molecule has 0 radical (unpaired) electrons. The molecule has 1 N–H and O–H groups in total. The Labute approximate surface area is 174 Å². The summed E-state index contributed by atoms with van der Waals surface area (Å²) in [5, 5.41) is 3.01. The Morgan fingerprint density at radius 1 is 1.03 bits per heavy atom. The van der Waals surface area contributed by atoms with Gasteiger partial charge in [0, 0.05) is 51.0 Å². The summed E-state index contributed by atoms with van der Waals surface area (Å²) in [6, 6.07) is 3.46. The summed E-state index contributed by atoms with van der Waals surface area (Å²) in [7, 11) is -3.43. The molecule has 9 heteroatoms. The van der Waals surface area contributed by atoms with E-state index < -0.39 is 10.0 Å². The van der Waals surface area contributed by atoms with Gasteiger partial charge in [-0.05, 0) is 52.2 Å². The zero-order valence-electron chi connectivity index (χ0n) is 17.7. The second kappa shape index (κ2) is 8.97. The van der Waals surface area contributed by atoms with Gasteiger partial charge in [0.1, 0.15) is 10.7 Å². The second-order valence-corrected chi connectivity index (χ2v) is 10.8. The molecule has 3 rings (SSSR count). The molecule has 2 aliphatic heterocycles. The van der Waals surface area contributed by atoms with Crippen LogP contribution in [0.5, 0.6) is 0 Å². The molecule has 29 heavy (non-hydrogen) atoms. The van der Waals surface area contributed by atoms with Crippen molar-refractivity contribution in [3.05, 3.63) is 18.3 Å². The minimum absolute atomic E-state index is 0.0422. The summed E-state index contributed by atoms with van der Waals surface area (Å²) in [4.78, 5) is 21.2. The van der Waals surface area contributed by atoms with Gasteiger partial charge in [0.15, 0.2) is 0 Å². The first-order valence-corrected chi connectivity index (χ1v) is 11.8. The van der Waals surface area contributed by atoms with Crippen molar-refractivity contribution >= 4 is 21.7 Å². The summed E-state index contributed by atoms with van der Waals surface area (Å²) in [5.41, 5.74) is -0.226. The highest BCUT2D eigenvalue weighted by atomic mass is 32.2. The predicted octanol–water partition coefficient (Wildman–Crippen LogP) is 1.29. The Bertz CT molecular complexity index is 798. The lowest BCUT2D eigenvalue weighted by molar-refractivity contribution is -0.123.